The molecule has 3 rings (SSSR count). The Morgan fingerprint density at radius 2 is 1.93 bits per heavy atom. The SMILES string of the molecule is CC(C)[C@@H](NS(=O)(=O)c1cccs1)C(=O)NCC1(N2CCOCC2)CCCCC1. The van der Waals surface area contributed by atoms with E-state index in [0.717, 1.165) is 63.3 Å². The molecule has 2 heterocycles. The average Bonchev–Trinajstić information content (AvgIpc) is 3.27. The largest absolute Gasteiger partial charge is 0.379 e. The van der Waals surface area contributed by atoms with E-state index in [-0.39, 0.29) is 21.6 Å². The van der Waals surface area contributed by atoms with Crippen LogP contribution in [-0.2, 0) is 19.6 Å². The zero-order chi connectivity index (χ0) is 20.9. The van der Waals surface area contributed by atoms with Gasteiger partial charge in [0, 0.05) is 25.2 Å². The van der Waals surface area contributed by atoms with Crippen molar-refractivity contribution < 1.29 is 17.9 Å². The van der Waals surface area contributed by atoms with Gasteiger partial charge in [-0.15, -0.1) is 11.3 Å². The summed E-state index contributed by atoms with van der Waals surface area (Å²) in [7, 11) is -3.70. The van der Waals surface area contributed by atoms with Crippen molar-refractivity contribution in [1.82, 2.24) is 14.9 Å². The summed E-state index contributed by atoms with van der Waals surface area (Å²) >= 11 is 1.15. The summed E-state index contributed by atoms with van der Waals surface area (Å²) in [5.41, 5.74) is -0.0498. The Morgan fingerprint density at radius 3 is 2.52 bits per heavy atom. The number of nitrogens with one attached hydrogen (secondary N) is 2. The molecule has 1 saturated carbocycles. The molecule has 0 radical (unpaired) electrons. The van der Waals surface area contributed by atoms with Gasteiger partial charge in [0.1, 0.15) is 10.3 Å². The molecular weight excluding hydrogens is 410 g/mol. The molecule has 1 aliphatic carbocycles. The minimum absolute atomic E-state index is 0.0498. The predicted molar refractivity (Wildman–Crippen MR) is 114 cm³/mol. The Labute approximate surface area is 178 Å². The Morgan fingerprint density at radius 1 is 1.24 bits per heavy atom. The van der Waals surface area contributed by atoms with Gasteiger partial charge < -0.3 is 10.1 Å². The number of ether oxygens (including phenoxy) is 1. The lowest BCUT2D eigenvalue weighted by Crippen LogP contribution is -2.61. The maximum atomic E-state index is 13.0. The van der Waals surface area contributed by atoms with Gasteiger partial charge in [0.15, 0.2) is 0 Å². The van der Waals surface area contributed by atoms with Crippen molar-refractivity contribution in [1.29, 1.82) is 0 Å². The van der Waals surface area contributed by atoms with E-state index in [2.05, 4.69) is 14.9 Å². The van der Waals surface area contributed by atoms with Gasteiger partial charge in [0.25, 0.3) is 10.0 Å². The molecule has 7 nitrogen and oxygen atoms in total. The lowest BCUT2D eigenvalue weighted by atomic mass is 9.79. The number of amides is 1. The van der Waals surface area contributed by atoms with Gasteiger partial charge in [-0.25, -0.2) is 8.42 Å². The van der Waals surface area contributed by atoms with E-state index >= 15 is 0 Å². The minimum atomic E-state index is -3.70. The first-order valence-corrected chi connectivity index (χ1v) is 12.9. The number of nitrogens with zero attached hydrogens (tertiary/aromatic N) is 1. The Balaban J connectivity index is 1.68. The number of hydrogen-bond donors (Lipinski definition) is 2. The number of sulfonamides is 1. The number of morpholine rings is 1. The van der Waals surface area contributed by atoms with Crippen LogP contribution in [0.15, 0.2) is 21.7 Å². The van der Waals surface area contributed by atoms with Crippen LogP contribution in [0.25, 0.3) is 0 Å². The van der Waals surface area contributed by atoms with E-state index < -0.39 is 16.1 Å². The van der Waals surface area contributed by atoms with Crippen LogP contribution in [0.2, 0.25) is 0 Å². The van der Waals surface area contributed by atoms with Crippen molar-refractivity contribution in [3.8, 4) is 0 Å². The lowest BCUT2D eigenvalue weighted by Gasteiger charge is -2.48. The molecule has 0 spiro atoms. The van der Waals surface area contributed by atoms with Crippen LogP contribution in [-0.4, -0.2) is 63.7 Å². The summed E-state index contributed by atoms with van der Waals surface area (Å²) in [4.78, 5) is 15.5. The highest BCUT2D eigenvalue weighted by Gasteiger charge is 2.39. The fourth-order valence-electron chi connectivity index (χ4n) is 4.35. The van der Waals surface area contributed by atoms with E-state index in [1.54, 1.807) is 17.5 Å². The normalized spacial score (nSPS) is 21.8. The fourth-order valence-corrected chi connectivity index (χ4v) is 6.70. The second kappa shape index (κ2) is 9.87. The Kier molecular flexibility index (Phi) is 7.72. The van der Waals surface area contributed by atoms with Gasteiger partial charge >= 0.3 is 0 Å². The molecule has 1 atom stereocenters. The van der Waals surface area contributed by atoms with Crippen molar-refractivity contribution in [2.45, 2.75) is 61.7 Å². The lowest BCUT2D eigenvalue weighted by molar-refractivity contribution is -0.125. The Hall–Kier alpha value is -1.00. The zero-order valence-corrected chi connectivity index (χ0v) is 19.0. The molecule has 0 unspecified atom stereocenters. The second-order valence-electron chi connectivity index (χ2n) is 8.38. The number of carbonyl (C=O) groups is 1. The van der Waals surface area contributed by atoms with Crippen molar-refractivity contribution in [2.24, 2.45) is 5.92 Å². The predicted octanol–water partition coefficient (Wildman–Crippen LogP) is 2.20. The highest BCUT2D eigenvalue weighted by atomic mass is 32.2. The molecule has 1 aromatic rings. The number of thiophene rings is 1. The molecule has 9 heteroatoms. The van der Waals surface area contributed by atoms with E-state index in [4.69, 9.17) is 4.74 Å². The van der Waals surface area contributed by atoms with Gasteiger partial charge in [0.05, 0.1) is 13.2 Å². The monoisotopic (exact) mass is 443 g/mol. The number of carbonyl (C=O) groups excluding carboxylic acids is 1. The highest BCUT2D eigenvalue weighted by Crippen LogP contribution is 2.34. The third-order valence-corrected chi connectivity index (χ3v) is 8.89. The molecule has 1 aromatic heterocycles. The van der Waals surface area contributed by atoms with Crippen LogP contribution in [0.1, 0.15) is 46.0 Å². The summed E-state index contributed by atoms with van der Waals surface area (Å²) in [6, 6.07) is 2.45. The first-order valence-electron chi connectivity index (χ1n) is 10.5. The molecule has 2 aliphatic rings. The number of hydrogen-bond acceptors (Lipinski definition) is 6. The summed E-state index contributed by atoms with van der Waals surface area (Å²) in [5, 5.41) is 4.81. The summed E-state index contributed by atoms with van der Waals surface area (Å²) in [6.45, 7) is 7.49. The molecule has 2 N–H and O–H groups in total. The molecule has 0 aromatic carbocycles. The third kappa shape index (κ3) is 5.58. The standard InChI is InChI=1S/C20H33N3O4S2/c1-16(2)18(22-29(25,26)17-7-6-14-28-17)19(24)21-15-20(8-4-3-5-9-20)23-10-12-27-13-11-23/h6-7,14,16,18,22H,3-5,8-13,15H2,1-2H3,(H,21,24)/t18-/m1/s1. The first kappa shape index (κ1) is 22.7. The van der Waals surface area contributed by atoms with Crippen LogP contribution in [0, 0.1) is 5.92 Å². The van der Waals surface area contributed by atoms with Crippen LogP contribution < -0.4 is 10.0 Å². The Bertz CT molecular complexity index is 753. The van der Waals surface area contributed by atoms with Gasteiger partial charge in [0.2, 0.25) is 5.91 Å². The smallest absolute Gasteiger partial charge is 0.250 e. The fraction of sp³-hybridized carbons (Fsp3) is 0.750. The molecule has 2 fully saturated rings. The molecular formula is C20H33N3O4S2. The second-order valence-corrected chi connectivity index (χ2v) is 11.3. The van der Waals surface area contributed by atoms with Crippen molar-refractivity contribution >= 4 is 27.3 Å². The van der Waals surface area contributed by atoms with E-state index in [9.17, 15) is 13.2 Å². The molecule has 0 bridgehead atoms. The van der Waals surface area contributed by atoms with Gasteiger partial charge in [-0.1, -0.05) is 39.2 Å². The quantitative estimate of drug-likeness (QED) is 0.643. The molecule has 1 saturated heterocycles. The van der Waals surface area contributed by atoms with Gasteiger partial charge in [-0.3, -0.25) is 9.69 Å². The first-order chi connectivity index (χ1) is 13.8. The molecule has 29 heavy (non-hydrogen) atoms. The number of rotatable bonds is 8. The van der Waals surface area contributed by atoms with E-state index in [1.807, 2.05) is 13.8 Å². The van der Waals surface area contributed by atoms with Gasteiger partial charge in [-0.2, -0.15) is 4.72 Å². The third-order valence-electron chi connectivity index (χ3n) is 6.05. The van der Waals surface area contributed by atoms with Crippen molar-refractivity contribution in [3.05, 3.63) is 17.5 Å². The van der Waals surface area contributed by atoms with E-state index in [1.165, 1.54) is 6.42 Å². The molecule has 164 valence electrons. The summed E-state index contributed by atoms with van der Waals surface area (Å²) in [5.74, 6) is -0.409. The summed E-state index contributed by atoms with van der Waals surface area (Å²) in [6.07, 6.45) is 5.66. The highest BCUT2D eigenvalue weighted by molar-refractivity contribution is 7.91. The van der Waals surface area contributed by atoms with Crippen molar-refractivity contribution in [3.63, 3.8) is 0 Å². The van der Waals surface area contributed by atoms with Crippen LogP contribution in [0.5, 0.6) is 0 Å². The maximum absolute atomic E-state index is 13.0. The van der Waals surface area contributed by atoms with Crippen LogP contribution in [0.4, 0.5) is 0 Å². The van der Waals surface area contributed by atoms with E-state index in [0.29, 0.717) is 6.54 Å². The minimum Gasteiger partial charge on any atom is -0.379 e. The van der Waals surface area contributed by atoms with Gasteiger partial charge in [-0.05, 0) is 30.2 Å². The zero-order valence-electron chi connectivity index (χ0n) is 17.4. The maximum Gasteiger partial charge on any atom is 0.250 e. The average molecular weight is 444 g/mol. The molecule has 1 aliphatic heterocycles. The van der Waals surface area contributed by atoms with Crippen molar-refractivity contribution in [2.75, 3.05) is 32.8 Å². The molecule has 1 amide bonds. The van der Waals surface area contributed by atoms with Crippen LogP contribution >= 0.6 is 11.3 Å². The van der Waals surface area contributed by atoms with Crippen LogP contribution in [0.3, 0.4) is 0 Å². The summed E-state index contributed by atoms with van der Waals surface area (Å²) < 4.78 is 33.6. The topological polar surface area (TPSA) is 87.7 Å².